The highest BCUT2D eigenvalue weighted by molar-refractivity contribution is 9.10. The molecule has 2 aromatic rings. The highest BCUT2D eigenvalue weighted by Crippen LogP contribution is 2.22. The molecule has 0 bridgehead atoms. The second-order valence-corrected chi connectivity index (χ2v) is 5.18. The van der Waals surface area contributed by atoms with Crippen molar-refractivity contribution in [3.63, 3.8) is 0 Å². The number of halogens is 2. The molecule has 0 spiro atoms. The van der Waals surface area contributed by atoms with Gasteiger partial charge in [-0.2, -0.15) is 0 Å². The number of alkyl halides is 1. The van der Waals surface area contributed by atoms with Crippen LogP contribution in [0.25, 0.3) is 11.0 Å². The number of imidazole rings is 1. The molecule has 6 heteroatoms. The molecule has 0 saturated carbocycles. The van der Waals surface area contributed by atoms with Gasteiger partial charge in [-0.1, -0.05) is 15.9 Å². The van der Waals surface area contributed by atoms with Gasteiger partial charge in [0.2, 0.25) is 0 Å². The summed E-state index contributed by atoms with van der Waals surface area (Å²) in [5.74, 6) is 0.869. The number of esters is 1. The van der Waals surface area contributed by atoms with Crippen molar-refractivity contribution in [2.45, 2.75) is 25.8 Å². The van der Waals surface area contributed by atoms with Crippen LogP contribution in [0.15, 0.2) is 22.7 Å². The number of fused-ring (bicyclic) bond motifs is 1. The first kappa shape index (κ1) is 14.3. The van der Waals surface area contributed by atoms with E-state index in [1.54, 1.807) is 6.92 Å². The van der Waals surface area contributed by atoms with Crippen molar-refractivity contribution < 1.29 is 9.53 Å². The van der Waals surface area contributed by atoms with Crippen molar-refractivity contribution in [2.24, 2.45) is 0 Å². The molecule has 0 aliphatic carbocycles. The number of ether oxygens (including phenoxy) is 1. The highest BCUT2D eigenvalue weighted by Gasteiger charge is 2.12. The van der Waals surface area contributed by atoms with Gasteiger partial charge in [-0.25, -0.2) is 4.98 Å². The monoisotopic (exact) mass is 344 g/mol. The number of hydrogen-bond acceptors (Lipinski definition) is 3. The van der Waals surface area contributed by atoms with Crippen LogP contribution in [0.2, 0.25) is 0 Å². The van der Waals surface area contributed by atoms with Crippen molar-refractivity contribution >= 4 is 44.5 Å². The summed E-state index contributed by atoms with van der Waals surface area (Å²) in [4.78, 5) is 15.9. The summed E-state index contributed by atoms with van der Waals surface area (Å²) >= 11 is 9.35. The molecule has 0 atom stereocenters. The quantitative estimate of drug-likeness (QED) is 0.615. The van der Waals surface area contributed by atoms with Crippen LogP contribution in [0.5, 0.6) is 0 Å². The van der Waals surface area contributed by atoms with Crippen LogP contribution < -0.4 is 0 Å². The first-order valence-electron chi connectivity index (χ1n) is 6.02. The molecule has 4 nitrogen and oxygen atoms in total. The van der Waals surface area contributed by atoms with Crippen LogP contribution >= 0.6 is 27.5 Å². The van der Waals surface area contributed by atoms with Gasteiger partial charge in [-0.15, -0.1) is 11.6 Å². The number of benzene rings is 1. The summed E-state index contributed by atoms with van der Waals surface area (Å²) in [5, 5.41) is 0. The molecule has 0 unspecified atom stereocenters. The molecule has 0 fully saturated rings. The molecule has 2 rings (SSSR count). The fraction of sp³-hybridized carbons (Fsp3) is 0.385. The van der Waals surface area contributed by atoms with Gasteiger partial charge in [0.15, 0.2) is 0 Å². The van der Waals surface area contributed by atoms with Crippen LogP contribution in [-0.4, -0.2) is 22.1 Å². The number of nitrogens with zero attached hydrogens (tertiary/aromatic N) is 2. The molecule has 0 amide bonds. The largest absolute Gasteiger partial charge is 0.466 e. The zero-order valence-corrected chi connectivity index (χ0v) is 12.9. The third kappa shape index (κ3) is 3.28. The van der Waals surface area contributed by atoms with Crippen molar-refractivity contribution in [3.05, 3.63) is 28.5 Å². The van der Waals surface area contributed by atoms with E-state index in [0.29, 0.717) is 25.5 Å². The van der Waals surface area contributed by atoms with Gasteiger partial charge < -0.3 is 9.30 Å². The van der Waals surface area contributed by atoms with Crippen LogP contribution in [0, 0.1) is 0 Å². The number of carbonyl (C=O) groups excluding carboxylic acids is 1. The third-order valence-corrected chi connectivity index (χ3v) is 3.49. The fourth-order valence-corrected chi connectivity index (χ4v) is 2.49. The van der Waals surface area contributed by atoms with Crippen molar-refractivity contribution in [1.82, 2.24) is 9.55 Å². The Bertz CT molecular complexity index is 598. The van der Waals surface area contributed by atoms with E-state index < -0.39 is 0 Å². The third-order valence-electron chi connectivity index (χ3n) is 2.75. The zero-order valence-electron chi connectivity index (χ0n) is 10.5. The fourth-order valence-electron chi connectivity index (χ4n) is 1.93. The topological polar surface area (TPSA) is 44.1 Å². The van der Waals surface area contributed by atoms with Gasteiger partial charge in [0, 0.05) is 11.0 Å². The lowest BCUT2D eigenvalue weighted by Crippen LogP contribution is -2.10. The average Bonchev–Trinajstić information content (AvgIpc) is 2.74. The van der Waals surface area contributed by atoms with Gasteiger partial charge in [-0.3, -0.25) is 4.79 Å². The van der Waals surface area contributed by atoms with E-state index in [9.17, 15) is 4.79 Å². The summed E-state index contributed by atoms with van der Waals surface area (Å²) in [6.07, 6.45) is 0.315. The Kier molecular flexibility index (Phi) is 4.82. The van der Waals surface area contributed by atoms with Crippen LogP contribution in [0.4, 0.5) is 0 Å². The molecular weight excluding hydrogens is 332 g/mol. The minimum atomic E-state index is -0.208. The first-order chi connectivity index (χ1) is 9.15. The Morgan fingerprint density at radius 1 is 1.53 bits per heavy atom. The molecular formula is C13H14BrClN2O2. The molecule has 1 heterocycles. The Morgan fingerprint density at radius 2 is 2.32 bits per heavy atom. The molecule has 0 aliphatic heterocycles. The minimum absolute atomic E-state index is 0.208. The van der Waals surface area contributed by atoms with E-state index in [1.165, 1.54) is 0 Å². The predicted molar refractivity (Wildman–Crippen MR) is 78.2 cm³/mol. The standard InChI is InChI=1S/C13H14BrClN2O2/c1-2-19-13(18)5-6-17-11-7-9(14)3-4-10(11)16-12(17)8-15/h3-4,7H,2,5-6,8H2,1H3. The van der Waals surface area contributed by atoms with Gasteiger partial charge in [0.25, 0.3) is 0 Å². The lowest BCUT2D eigenvalue weighted by atomic mass is 10.3. The number of aromatic nitrogens is 2. The van der Waals surface area contributed by atoms with Gasteiger partial charge >= 0.3 is 5.97 Å². The Morgan fingerprint density at radius 3 is 3.00 bits per heavy atom. The SMILES string of the molecule is CCOC(=O)CCn1c(CCl)nc2ccc(Br)cc21. The molecule has 0 aliphatic rings. The van der Waals surface area contributed by atoms with E-state index in [4.69, 9.17) is 16.3 Å². The lowest BCUT2D eigenvalue weighted by molar-refractivity contribution is -0.143. The number of aryl methyl sites for hydroxylation is 1. The summed E-state index contributed by atoms with van der Waals surface area (Å²) in [7, 11) is 0. The number of rotatable bonds is 5. The molecule has 19 heavy (non-hydrogen) atoms. The Labute approximate surface area is 124 Å². The maximum atomic E-state index is 11.4. The normalized spacial score (nSPS) is 10.9. The van der Waals surface area contributed by atoms with Crippen molar-refractivity contribution in [2.75, 3.05) is 6.61 Å². The number of hydrogen-bond donors (Lipinski definition) is 0. The predicted octanol–water partition coefficient (Wildman–Crippen LogP) is 3.49. The van der Waals surface area contributed by atoms with Gasteiger partial charge in [0.05, 0.1) is 29.9 Å². The molecule has 1 aromatic carbocycles. The Hall–Kier alpha value is -1.07. The average molecular weight is 346 g/mol. The molecule has 0 N–H and O–H groups in total. The lowest BCUT2D eigenvalue weighted by Gasteiger charge is -2.07. The van der Waals surface area contributed by atoms with Gasteiger partial charge in [-0.05, 0) is 25.1 Å². The maximum Gasteiger partial charge on any atom is 0.307 e. The minimum Gasteiger partial charge on any atom is -0.466 e. The van der Waals surface area contributed by atoms with Crippen LogP contribution in [0.3, 0.4) is 0 Å². The van der Waals surface area contributed by atoms with Crippen LogP contribution in [-0.2, 0) is 22.0 Å². The highest BCUT2D eigenvalue weighted by atomic mass is 79.9. The zero-order chi connectivity index (χ0) is 13.8. The molecule has 102 valence electrons. The van der Waals surface area contributed by atoms with Crippen LogP contribution in [0.1, 0.15) is 19.2 Å². The smallest absolute Gasteiger partial charge is 0.307 e. The summed E-state index contributed by atoms with van der Waals surface area (Å²) in [5.41, 5.74) is 1.84. The summed E-state index contributed by atoms with van der Waals surface area (Å²) in [6.45, 7) is 2.72. The van der Waals surface area contributed by atoms with E-state index in [-0.39, 0.29) is 5.97 Å². The first-order valence-corrected chi connectivity index (χ1v) is 7.34. The molecule has 1 aromatic heterocycles. The summed E-state index contributed by atoms with van der Waals surface area (Å²) < 4.78 is 7.87. The second kappa shape index (κ2) is 6.39. The molecule has 0 saturated heterocycles. The van der Waals surface area contributed by atoms with E-state index in [1.807, 2.05) is 22.8 Å². The van der Waals surface area contributed by atoms with E-state index in [0.717, 1.165) is 21.3 Å². The Balaban J connectivity index is 2.29. The van der Waals surface area contributed by atoms with Crippen molar-refractivity contribution in [1.29, 1.82) is 0 Å². The maximum absolute atomic E-state index is 11.4. The number of carbonyl (C=O) groups is 1. The summed E-state index contributed by atoms with van der Waals surface area (Å²) in [6, 6.07) is 5.84. The second-order valence-electron chi connectivity index (χ2n) is 4.00. The van der Waals surface area contributed by atoms with Gasteiger partial charge in [0.1, 0.15) is 5.82 Å². The molecule has 0 radical (unpaired) electrons. The van der Waals surface area contributed by atoms with E-state index in [2.05, 4.69) is 20.9 Å². The van der Waals surface area contributed by atoms with Crippen molar-refractivity contribution in [3.8, 4) is 0 Å². The van der Waals surface area contributed by atoms with E-state index >= 15 is 0 Å².